The topological polar surface area (TPSA) is 92.3 Å². The highest BCUT2D eigenvalue weighted by Crippen LogP contribution is 2.27. The first-order valence-electron chi connectivity index (χ1n) is 11.5. The van der Waals surface area contributed by atoms with Crippen molar-refractivity contribution in [1.29, 1.82) is 0 Å². The normalized spacial score (nSPS) is 11.2. The summed E-state index contributed by atoms with van der Waals surface area (Å²) < 4.78 is 10.9. The summed E-state index contributed by atoms with van der Waals surface area (Å²) in [5.74, 6) is 0.0354. The van der Waals surface area contributed by atoms with Crippen LogP contribution in [0.5, 0.6) is 11.5 Å². The van der Waals surface area contributed by atoms with Gasteiger partial charge in [-0.15, -0.1) is 0 Å². The number of nitrogens with one attached hydrogen (secondary N) is 2. The second-order valence-corrected chi connectivity index (χ2v) is 8.43. The van der Waals surface area contributed by atoms with E-state index < -0.39 is 11.8 Å². The zero-order chi connectivity index (χ0) is 26.8. The van der Waals surface area contributed by atoms with Crippen molar-refractivity contribution in [3.05, 3.63) is 94.1 Å². The standard InChI is InChI=1S/C28H29ClN4O4/c1-5-37-25-15-12-20(17-26(25)36-4)18-30-32-28(35)24(16-19-10-13-21(14-11-19)33(2)3)31-27(34)22-8-6-7-9-23(22)29/h6-18H,5H2,1-4H3,(H,31,34)(H,32,35)/b24-16+,30-18?. The van der Waals surface area contributed by atoms with Gasteiger partial charge in [0, 0.05) is 19.8 Å². The fourth-order valence-electron chi connectivity index (χ4n) is 3.29. The molecule has 3 rings (SSSR count). The van der Waals surface area contributed by atoms with E-state index in [1.165, 1.54) is 6.21 Å². The molecule has 2 N–H and O–H groups in total. The van der Waals surface area contributed by atoms with Crippen LogP contribution in [-0.2, 0) is 4.79 Å². The lowest BCUT2D eigenvalue weighted by molar-refractivity contribution is -0.117. The molecule has 37 heavy (non-hydrogen) atoms. The molecular formula is C28H29ClN4O4. The maximum absolute atomic E-state index is 13.0. The number of rotatable bonds is 10. The molecule has 0 heterocycles. The van der Waals surface area contributed by atoms with Gasteiger partial charge in [0.05, 0.1) is 30.5 Å². The third kappa shape index (κ3) is 7.59. The van der Waals surface area contributed by atoms with Gasteiger partial charge in [0.15, 0.2) is 11.5 Å². The summed E-state index contributed by atoms with van der Waals surface area (Å²) in [5, 5.41) is 6.97. The molecule has 0 spiro atoms. The van der Waals surface area contributed by atoms with Crippen molar-refractivity contribution in [3.63, 3.8) is 0 Å². The Morgan fingerprint density at radius 1 is 1.00 bits per heavy atom. The molecule has 0 saturated heterocycles. The van der Waals surface area contributed by atoms with Crippen molar-refractivity contribution in [3.8, 4) is 11.5 Å². The Labute approximate surface area is 221 Å². The molecule has 0 unspecified atom stereocenters. The van der Waals surface area contributed by atoms with E-state index in [0.717, 1.165) is 11.3 Å². The lowest BCUT2D eigenvalue weighted by atomic mass is 10.1. The molecule has 192 valence electrons. The average molecular weight is 521 g/mol. The summed E-state index contributed by atoms with van der Waals surface area (Å²) in [6.45, 7) is 2.39. The Balaban J connectivity index is 1.83. The minimum atomic E-state index is -0.605. The number of benzene rings is 3. The van der Waals surface area contributed by atoms with E-state index in [1.807, 2.05) is 50.2 Å². The summed E-state index contributed by atoms with van der Waals surface area (Å²) in [7, 11) is 5.42. The van der Waals surface area contributed by atoms with E-state index in [0.29, 0.717) is 23.7 Å². The number of hydrogen-bond acceptors (Lipinski definition) is 6. The molecule has 0 aliphatic carbocycles. The molecule has 9 heteroatoms. The molecular weight excluding hydrogens is 492 g/mol. The van der Waals surface area contributed by atoms with Gasteiger partial charge in [-0.3, -0.25) is 9.59 Å². The highest BCUT2D eigenvalue weighted by atomic mass is 35.5. The molecule has 0 aliphatic rings. The summed E-state index contributed by atoms with van der Waals surface area (Å²) >= 11 is 6.17. The van der Waals surface area contributed by atoms with Crippen molar-refractivity contribution in [2.45, 2.75) is 6.92 Å². The number of hydrazone groups is 1. The summed E-state index contributed by atoms with van der Waals surface area (Å²) in [6, 6.07) is 19.4. The number of amides is 2. The Morgan fingerprint density at radius 3 is 2.35 bits per heavy atom. The summed E-state index contributed by atoms with van der Waals surface area (Å²) in [6.07, 6.45) is 3.04. The van der Waals surface area contributed by atoms with E-state index in [9.17, 15) is 9.59 Å². The Hall–Kier alpha value is -4.30. The molecule has 0 radical (unpaired) electrons. The molecule has 3 aromatic carbocycles. The van der Waals surface area contributed by atoms with E-state index in [-0.39, 0.29) is 16.3 Å². The first-order chi connectivity index (χ1) is 17.8. The Kier molecular flexibility index (Phi) is 9.69. The second-order valence-electron chi connectivity index (χ2n) is 8.02. The molecule has 2 amide bonds. The van der Waals surface area contributed by atoms with Gasteiger partial charge in [-0.25, -0.2) is 5.43 Å². The zero-order valence-electron chi connectivity index (χ0n) is 21.1. The number of hydrogen-bond donors (Lipinski definition) is 2. The highest BCUT2D eigenvalue weighted by Gasteiger charge is 2.16. The van der Waals surface area contributed by atoms with Crippen LogP contribution in [0.1, 0.15) is 28.4 Å². The lowest BCUT2D eigenvalue weighted by Gasteiger charge is -2.13. The van der Waals surface area contributed by atoms with Gasteiger partial charge in [-0.1, -0.05) is 35.9 Å². The van der Waals surface area contributed by atoms with Gasteiger partial charge in [0.1, 0.15) is 5.70 Å². The zero-order valence-corrected chi connectivity index (χ0v) is 21.9. The smallest absolute Gasteiger partial charge is 0.287 e. The molecule has 0 fully saturated rings. The van der Waals surface area contributed by atoms with Crippen LogP contribution in [0.3, 0.4) is 0 Å². The van der Waals surface area contributed by atoms with Gasteiger partial charge < -0.3 is 19.7 Å². The Bertz CT molecular complexity index is 1300. The fraction of sp³-hybridized carbons (Fsp3) is 0.179. The third-order valence-electron chi connectivity index (χ3n) is 5.20. The number of methoxy groups -OCH3 is 1. The van der Waals surface area contributed by atoms with Crippen LogP contribution in [0.4, 0.5) is 5.69 Å². The number of halogens is 1. The highest BCUT2D eigenvalue weighted by molar-refractivity contribution is 6.34. The van der Waals surface area contributed by atoms with E-state index in [2.05, 4.69) is 15.8 Å². The predicted octanol–water partition coefficient (Wildman–Crippen LogP) is 4.73. The molecule has 8 nitrogen and oxygen atoms in total. The van der Waals surface area contributed by atoms with Crippen LogP contribution in [0.2, 0.25) is 5.02 Å². The first kappa shape index (κ1) is 27.3. The number of carbonyl (C=O) groups is 2. The molecule has 0 atom stereocenters. The van der Waals surface area contributed by atoms with Crippen molar-refractivity contribution in [2.75, 3.05) is 32.7 Å². The van der Waals surface area contributed by atoms with Crippen LogP contribution in [0.25, 0.3) is 6.08 Å². The van der Waals surface area contributed by atoms with Crippen molar-refractivity contribution in [2.24, 2.45) is 5.10 Å². The van der Waals surface area contributed by atoms with Crippen molar-refractivity contribution < 1.29 is 19.1 Å². The van der Waals surface area contributed by atoms with Gasteiger partial charge in [0.25, 0.3) is 11.8 Å². The number of anilines is 1. The van der Waals surface area contributed by atoms with Crippen LogP contribution in [0, 0.1) is 0 Å². The predicted molar refractivity (Wildman–Crippen MR) is 148 cm³/mol. The summed E-state index contributed by atoms with van der Waals surface area (Å²) in [5.41, 5.74) is 5.12. The van der Waals surface area contributed by atoms with E-state index in [1.54, 1.807) is 55.7 Å². The fourth-order valence-corrected chi connectivity index (χ4v) is 3.52. The largest absolute Gasteiger partial charge is 0.493 e. The van der Waals surface area contributed by atoms with Crippen molar-refractivity contribution in [1.82, 2.24) is 10.7 Å². The Morgan fingerprint density at radius 2 is 1.70 bits per heavy atom. The second kappa shape index (κ2) is 13.1. The van der Waals surface area contributed by atoms with Gasteiger partial charge in [0.2, 0.25) is 0 Å². The molecule has 0 bridgehead atoms. The maximum Gasteiger partial charge on any atom is 0.287 e. The SMILES string of the molecule is CCOc1ccc(C=NNC(=O)/C(=C\c2ccc(N(C)C)cc2)NC(=O)c2ccccc2Cl)cc1OC. The van der Waals surface area contributed by atoms with E-state index in [4.69, 9.17) is 21.1 Å². The number of ether oxygens (including phenoxy) is 2. The molecule has 0 aliphatic heterocycles. The maximum atomic E-state index is 13.0. The monoisotopic (exact) mass is 520 g/mol. The van der Waals surface area contributed by atoms with Crippen LogP contribution in [-0.4, -0.2) is 45.8 Å². The quantitative estimate of drug-likeness (QED) is 0.229. The average Bonchev–Trinajstić information content (AvgIpc) is 2.89. The number of carbonyl (C=O) groups excluding carboxylic acids is 2. The van der Waals surface area contributed by atoms with Gasteiger partial charge in [-0.05, 0) is 66.6 Å². The molecule has 0 aromatic heterocycles. The molecule has 0 saturated carbocycles. The van der Waals surface area contributed by atoms with Gasteiger partial charge >= 0.3 is 0 Å². The first-order valence-corrected chi connectivity index (χ1v) is 11.9. The minimum Gasteiger partial charge on any atom is -0.493 e. The van der Waals surface area contributed by atoms with Crippen LogP contribution >= 0.6 is 11.6 Å². The van der Waals surface area contributed by atoms with E-state index >= 15 is 0 Å². The number of nitrogens with zero attached hydrogens (tertiary/aromatic N) is 2. The summed E-state index contributed by atoms with van der Waals surface area (Å²) in [4.78, 5) is 27.9. The van der Waals surface area contributed by atoms with Crippen LogP contribution < -0.4 is 25.1 Å². The third-order valence-corrected chi connectivity index (χ3v) is 5.53. The molecule has 3 aromatic rings. The minimum absolute atomic E-state index is 0.00365. The van der Waals surface area contributed by atoms with Gasteiger partial charge in [-0.2, -0.15) is 5.10 Å². The van der Waals surface area contributed by atoms with Crippen LogP contribution in [0.15, 0.2) is 77.5 Å². The van der Waals surface area contributed by atoms with Crippen molar-refractivity contribution >= 4 is 41.4 Å². The lowest BCUT2D eigenvalue weighted by Crippen LogP contribution is -2.33.